The van der Waals surface area contributed by atoms with Gasteiger partial charge in [-0.1, -0.05) is 30.3 Å². The molecule has 0 heterocycles. The van der Waals surface area contributed by atoms with Crippen molar-refractivity contribution in [3.8, 4) is 0 Å². The predicted octanol–water partition coefficient (Wildman–Crippen LogP) is 2.01. The first kappa shape index (κ1) is 15.0. The van der Waals surface area contributed by atoms with Gasteiger partial charge in [0, 0.05) is 0 Å². The van der Waals surface area contributed by atoms with E-state index in [1.807, 2.05) is 30.3 Å². The number of alkyl carbamates (subject to hydrolysis) is 1. The monoisotopic (exact) mass is 265 g/mol. The second-order valence-electron chi connectivity index (χ2n) is 5.05. The summed E-state index contributed by atoms with van der Waals surface area (Å²) in [4.78, 5) is 23.0. The minimum Gasteiger partial charge on any atom is -0.443 e. The highest BCUT2D eigenvalue weighted by Crippen LogP contribution is 2.07. The number of urea groups is 1. The number of imide groups is 1. The third-order valence-electron chi connectivity index (χ3n) is 2.06. The lowest BCUT2D eigenvalue weighted by atomic mass is 10.2. The fourth-order valence-electron chi connectivity index (χ4n) is 1.31. The number of hydrazine groups is 1. The number of rotatable bonds is 2. The molecule has 104 valence electrons. The SMILES string of the molecule is CC(C)(C)OC(=O)NC(=O)N(N)Cc1ccccc1. The minimum atomic E-state index is -0.819. The van der Waals surface area contributed by atoms with Crippen LogP contribution in [0.1, 0.15) is 26.3 Å². The summed E-state index contributed by atoms with van der Waals surface area (Å²) < 4.78 is 4.96. The Morgan fingerprint density at radius 3 is 2.37 bits per heavy atom. The van der Waals surface area contributed by atoms with E-state index in [9.17, 15) is 9.59 Å². The summed E-state index contributed by atoms with van der Waals surface area (Å²) in [5.41, 5.74) is 0.202. The lowest BCUT2D eigenvalue weighted by Crippen LogP contribution is -2.47. The van der Waals surface area contributed by atoms with Crippen molar-refractivity contribution in [2.24, 2.45) is 5.84 Å². The summed E-state index contributed by atoms with van der Waals surface area (Å²) in [6.45, 7) is 5.33. The summed E-state index contributed by atoms with van der Waals surface area (Å²) in [6, 6.07) is 8.51. The molecule has 19 heavy (non-hydrogen) atoms. The second kappa shape index (κ2) is 6.19. The average molecular weight is 265 g/mol. The van der Waals surface area contributed by atoms with Gasteiger partial charge < -0.3 is 4.74 Å². The van der Waals surface area contributed by atoms with Crippen LogP contribution in [0, 0.1) is 0 Å². The fourth-order valence-corrected chi connectivity index (χ4v) is 1.31. The number of ether oxygens (including phenoxy) is 1. The molecule has 1 rings (SSSR count). The summed E-state index contributed by atoms with van der Waals surface area (Å²) in [5.74, 6) is 5.57. The Hall–Kier alpha value is -2.08. The molecule has 1 aromatic rings. The number of hydrogen-bond acceptors (Lipinski definition) is 4. The lowest BCUT2D eigenvalue weighted by Gasteiger charge is -2.21. The van der Waals surface area contributed by atoms with Gasteiger partial charge in [-0.25, -0.2) is 20.7 Å². The summed E-state index contributed by atoms with van der Waals surface area (Å²) in [5, 5.41) is 2.97. The molecule has 0 fully saturated rings. The van der Waals surface area contributed by atoms with E-state index < -0.39 is 17.7 Å². The highest BCUT2D eigenvalue weighted by atomic mass is 16.6. The van der Waals surface area contributed by atoms with Crippen molar-refractivity contribution in [2.45, 2.75) is 32.9 Å². The third kappa shape index (κ3) is 5.87. The van der Waals surface area contributed by atoms with Gasteiger partial charge in [-0.2, -0.15) is 0 Å². The van der Waals surface area contributed by atoms with Gasteiger partial charge in [-0.05, 0) is 26.3 Å². The fraction of sp³-hybridized carbons (Fsp3) is 0.385. The summed E-state index contributed by atoms with van der Waals surface area (Å²) in [6.07, 6.45) is -0.819. The smallest absolute Gasteiger partial charge is 0.415 e. The van der Waals surface area contributed by atoms with Gasteiger partial charge in [-0.15, -0.1) is 0 Å². The predicted molar refractivity (Wildman–Crippen MR) is 70.9 cm³/mol. The number of amides is 3. The van der Waals surface area contributed by atoms with Crippen LogP contribution < -0.4 is 11.2 Å². The number of carbonyl (C=O) groups is 2. The van der Waals surface area contributed by atoms with Crippen molar-refractivity contribution in [1.29, 1.82) is 0 Å². The molecule has 1 aromatic carbocycles. The molecular weight excluding hydrogens is 246 g/mol. The first-order valence-electron chi connectivity index (χ1n) is 5.88. The number of nitrogens with zero attached hydrogens (tertiary/aromatic N) is 1. The van der Waals surface area contributed by atoms with Crippen molar-refractivity contribution in [2.75, 3.05) is 0 Å². The van der Waals surface area contributed by atoms with Crippen molar-refractivity contribution in [3.63, 3.8) is 0 Å². The van der Waals surface area contributed by atoms with Crippen LogP contribution in [0.25, 0.3) is 0 Å². The van der Waals surface area contributed by atoms with E-state index >= 15 is 0 Å². The van der Waals surface area contributed by atoms with Crippen LogP contribution in [0.2, 0.25) is 0 Å². The van der Waals surface area contributed by atoms with Gasteiger partial charge >= 0.3 is 12.1 Å². The number of carbonyl (C=O) groups excluding carboxylic acids is 2. The Morgan fingerprint density at radius 1 is 1.26 bits per heavy atom. The van der Waals surface area contributed by atoms with Crippen LogP contribution in [-0.2, 0) is 11.3 Å². The van der Waals surface area contributed by atoms with Gasteiger partial charge in [-0.3, -0.25) is 5.01 Å². The molecule has 0 aromatic heterocycles. The van der Waals surface area contributed by atoms with Crippen LogP contribution in [0.4, 0.5) is 9.59 Å². The van der Waals surface area contributed by atoms with Crippen LogP contribution in [0.15, 0.2) is 30.3 Å². The van der Waals surface area contributed by atoms with E-state index in [2.05, 4.69) is 5.32 Å². The van der Waals surface area contributed by atoms with Crippen LogP contribution in [0.5, 0.6) is 0 Å². The van der Waals surface area contributed by atoms with Crippen molar-refractivity contribution < 1.29 is 14.3 Å². The molecule has 0 unspecified atom stereocenters. The molecule has 3 amide bonds. The largest absolute Gasteiger partial charge is 0.443 e. The maximum Gasteiger partial charge on any atom is 0.415 e. The highest BCUT2D eigenvalue weighted by molar-refractivity contribution is 5.90. The molecule has 0 saturated carbocycles. The number of nitrogens with two attached hydrogens (primary N) is 1. The molecule has 0 spiro atoms. The molecule has 6 nitrogen and oxygen atoms in total. The molecular formula is C13H19N3O3. The van der Waals surface area contributed by atoms with Gasteiger partial charge in [0.05, 0.1) is 6.54 Å². The zero-order chi connectivity index (χ0) is 14.5. The molecule has 0 aliphatic heterocycles. The molecule has 0 aliphatic rings. The van der Waals surface area contributed by atoms with E-state index in [-0.39, 0.29) is 6.54 Å². The molecule has 3 N–H and O–H groups in total. The Balaban J connectivity index is 2.47. The number of nitrogens with one attached hydrogen (secondary N) is 1. The van der Waals surface area contributed by atoms with Gasteiger partial charge in [0.2, 0.25) is 0 Å². The van der Waals surface area contributed by atoms with Crippen LogP contribution in [0.3, 0.4) is 0 Å². The standard InChI is InChI=1S/C13H19N3O3/c1-13(2,3)19-12(18)15-11(17)16(14)9-10-7-5-4-6-8-10/h4-8H,9,14H2,1-3H3,(H,15,17,18). The quantitative estimate of drug-likeness (QED) is 0.486. The zero-order valence-corrected chi connectivity index (χ0v) is 11.3. The van der Waals surface area contributed by atoms with Crippen molar-refractivity contribution >= 4 is 12.1 Å². The minimum absolute atomic E-state index is 0.204. The van der Waals surface area contributed by atoms with Gasteiger partial charge in [0.1, 0.15) is 5.60 Å². The Bertz CT molecular complexity index is 440. The van der Waals surface area contributed by atoms with Crippen molar-refractivity contribution in [1.82, 2.24) is 10.3 Å². The molecule has 0 radical (unpaired) electrons. The maximum atomic E-state index is 11.6. The third-order valence-corrected chi connectivity index (χ3v) is 2.06. The van der Waals surface area contributed by atoms with E-state index in [0.29, 0.717) is 0 Å². The maximum absolute atomic E-state index is 11.6. The molecule has 0 atom stereocenters. The second-order valence-corrected chi connectivity index (χ2v) is 5.05. The first-order chi connectivity index (χ1) is 8.78. The van der Waals surface area contributed by atoms with E-state index in [0.717, 1.165) is 10.6 Å². The van der Waals surface area contributed by atoms with E-state index in [1.54, 1.807) is 20.8 Å². The number of hydrogen-bond donors (Lipinski definition) is 2. The molecule has 0 aliphatic carbocycles. The van der Waals surface area contributed by atoms with E-state index in [1.165, 1.54) is 0 Å². The average Bonchev–Trinajstić information content (AvgIpc) is 2.27. The lowest BCUT2D eigenvalue weighted by molar-refractivity contribution is 0.0533. The van der Waals surface area contributed by atoms with Crippen LogP contribution >= 0.6 is 0 Å². The first-order valence-corrected chi connectivity index (χ1v) is 5.88. The Morgan fingerprint density at radius 2 is 1.84 bits per heavy atom. The normalized spacial score (nSPS) is 10.7. The molecule has 0 bridgehead atoms. The highest BCUT2D eigenvalue weighted by Gasteiger charge is 2.20. The topological polar surface area (TPSA) is 84.7 Å². The summed E-state index contributed by atoms with van der Waals surface area (Å²) >= 11 is 0. The van der Waals surface area contributed by atoms with Crippen LogP contribution in [-0.4, -0.2) is 22.7 Å². The number of benzene rings is 1. The molecule has 6 heteroatoms. The zero-order valence-electron chi connectivity index (χ0n) is 11.3. The molecule has 0 saturated heterocycles. The Labute approximate surface area is 112 Å². The Kier molecular flexibility index (Phi) is 4.88. The van der Waals surface area contributed by atoms with Crippen molar-refractivity contribution in [3.05, 3.63) is 35.9 Å². The van der Waals surface area contributed by atoms with Gasteiger partial charge in [0.15, 0.2) is 0 Å². The van der Waals surface area contributed by atoms with E-state index in [4.69, 9.17) is 10.6 Å². The van der Waals surface area contributed by atoms with Gasteiger partial charge in [0.25, 0.3) is 0 Å². The summed E-state index contributed by atoms with van der Waals surface area (Å²) in [7, 11) is 0.